The summed E-state index contributed by atoms with van der Waals surface area (Å²) in [5.74, 6) is -4.39. The lowest BCUT2D eigenvalue weighted by Gasteiger charge is -2.26. The summed E-state index contributed by atoms with van der Waals surface area (Å²) in [5.41, 5.74) is 10.5. The summed E-state index contributed by atoms with van der Waals surface area (Å²) in [6, 6.07) is -5.17. The zero-order valence-corrected chi connectivity index (χ0v) is 18.4. The Hall–Kier alpha value is -2.03. The Balaban J connectivity index is 5.37. The van der Waals surface area contributed by atoms with Crippen molar-refractivity contribution >= 4 is 54.0 Å². The number of hydrogen-bond donors (Lipinski definition) is 8. The number of amides is 4. The Bertz CT molecular complexity index is 635. The standard InChI is InChI=1S/C16H29N5O7S2/c1-7(22)12(21-13(24)8(17)6-29)15(26)19-9(3-4-30-2)14(25)20-10(16(27)28)5-11(18)23/h7-10,12,22,29H,3-6,17H2,1-2H3,(H2,18,23)(H,19,26)(H,20,25)(H,21,24)(H,27,28). The fourth-order valence-corrected chi connectivity index (χ4v) is 2.83. The largest absolute Gasteiger partial charge is 0.480 e. The fourth-order valence-electron chi connectivity index (χ4n) is 2.19. The van der Waals surface area contributed by atoms with Crippen LogP contribution >= 0.6 is 24.4 Å². The molecule has 0 saturated carbocycles. The minimum atomic E-state index is -1.57. The van der Waals surface area contributed by atoms with E-state index in [1.54, 1.807) is 6.26 Å². The molecule has 0 saturated heterocycles. The molecule has 0 aliphatic rings. The molecule has 9 N–H and O–H groups in total. The zero-order chi connectivity index (χ0) is 23.4. The lowest BCUT2D eigenvalue weighted by molar-refractivity contribution is -0.144. The van der Waals surface area contributed by atoms with Crippen LogP contribution in [0.4, 0.5) is 0 Å². The number of nitrogens with two attached hydrogens (primary N) is 2. The fraction of sp³-hybridized carbons (Fsp3) is 0.688. The van der Waals surface area contributed by atoms with Crippen molar-refractivity contribution in [3.8, 4) is 0 Å². The molecule has 0 spiro atoms. The SMILES string of the molecule is CSCCC(NC(=O)C(NC(=O)C(N)CS)C(C)O)C(=O)NC(CC(N)=O)C(=O)O. The minimum absolute atomic E-state index is 0.00910. The van der Waals surface area contributed by atoms with Crippen LogP contribution in [0.2, 0.25) is 0 Å². The maximum absolute atomic E-state index is 12.6. The van der Waals surface area contributed by atoms with E-state index >= 15 is 0 Å². The highest BCUT2D eigenvalue weighted by atomic mass is 32.2. The van der Waals surface area contributed by atoms with Gasteiger partial charge in [-0.2, -0.15) is 24.4 Å². The van der Waals surface area contributed by atoms with E-state index in [0.717, 1.165) is 0 Å². The number of carbonyl (C=O) groups excluding carboxylic acids is 4. The number of thioether (sulfide) groups is 1. The molecule has 0 aromatic heterocycles. The van der Waals surface area contributed by atoms with E-state index in [1.807, 2.05) is 0 Å². The van der Waals surface area contributed by atoms with Gasteiger partial charge in [-0.25, -0.2) is 4.79 Å². The third-order valence-corrected chi connectivity index (χ3v) is 4.90. The first-order valence-corrected chi connectivity index (χ1v) is 10.9. The van der Waals surface area contributed by atoms with E-state index in [1.165, 1.54) is 18.7 Å². The molecule has 12 nitrogen and oxygen atoms in total. The molecule has 0 radical (unpaired) electrons. The molecule has 4 amide bonds. The Morgan fingerprint density at radius 2 is 1.60 bits per heavy atom. The number of primary amides is 1. The average Bonchev–Trinajstić information content (AvgIpc) is 2.66. The van der Waals surface area contributed by atoms with Crippen molar-refractivity contribution in [2.24, 2.45) is 11.5 Å². The number of hydrogen-bond acceptors (Lipinski definition) is 9. The monoisotopic (exact) mass is 467 g/mol. The number of aliphatic carboxylic acids is 1. The number of aliphatic hydroxyl groups is 1. The highest BCUT2D eigenvalue weighted by Crippen LogP contribution is 2.05. The molecule has 0 bridgehead atoms. The third-order valence-electron chi connectivity index (χ3n) is 3.86. The van der Waals surface area contributed by atoms with Crippen molar-refractivity contribution in [3.63, 3.8) is 0 Å². The van der Waals surface area contributed by atoms with Crippen LogP contribution in [-0.4, -0.2) is 87.8 Å². The van der Waals surface area contributed by atoms with Crippen molar-refractivity contribution in [2.45, 2.75) is 50.0 Å². The molecule has 0 aliphatic heterocycles. The van der Waals surface area contributed by atoms with Gasteiger partial charge in [-0.3, -0.25) is 19.2 Å². The first kappa shape index (κ1) is 28.0. The lowest BCUT2D eigenvalue weighted by atomic mass is 10.1. The van der Waals surface area contributed by atoms with Crippen LogP contribution < -0.4 is 27.4 Å². The molecule has 0 rings (SSSR count). The van der Waals surface area contributed by atoms with Gasteiger partial charge in [-0.15, -0.1) is 0 Å². The van der Waals surface area contributed by atoms with Crippen molar-refractivity contribution < 1.29 is 34.2 Å². The van der Waals surface area contributed by atoms with Crippen molar-refractivity contribution in [2.75, 3.05) is 17.8 Å². The van der Waals surface area contributed by atoms with Crippen LogP contribution in [0.25, 0.3) is 0 Å². The molecular formula is C16H29N5O7S2. The quantitative estimate of drug-likeness (QED) is 0.120. The second-order valence-electron chi connectivity index (χ2n) is 6.43. The topological polar surface area (TPSA) is 214 Å². The predicted molar refractivity (Wildman–Crippen MR) is 114 cm³/mol. The molecule has 5 unspecified atom stereocenters. The van der Waals surface area contributed by atoms with Crippen LogP contribution in [0.15, 0.2) is 0 Å². The summed E-state index contributed by atoms with van der Waals surface area (Å²) in [6.45, 7) is 1.26. The van der Waals surface area contributed by atoms with Gasteiger partial charge in [0.25, 0.3) is 0 Å². The molecule has 5 atom stereocenters. The Morgan fingerprint density at radius 1 is 1.03 bits per heavy atom. The minimum Gasteiger partial charge on any atom is -0.480 e. The van der Waals surface area contributed by atoms with Crippen molar-refractivity contribution in [3.05, 3.63) is 0 Å². The third kappa shape index (κ3) is 10.1. The van der Waals surface area contributed by atoms with E-state index < -0.39 is 66.3 Å². The Morgan fingerprint density at radius 3 is 2.03 bits per heavy atom. The van der Waals surface area contributed by atoms with Gasteiger partial charge < -0.3 is 37.6 Å². The smallest absolute Gasteiger partial charge is 0.326 e. The van der Waals surface area contributed by atoms with Crippen LogP contribution in [0, 0.1) is 0 Å². The summed E-state index contributed by atoms with van der Waals surface area (Å²) in [4.78, 5) is 59.3. The van der Waals surface area contributed by atoms with Gasteiger partial charge in [0.2, 0.25) is 23.6 Å². The second kappa shape index (κ2) is 14.1. The lowest BCUT2D eigenvalue weighted by Crippen LogP contribution is -2.60. The van der Waals surface area contributed by atoms with Crippen LogP contribution in [0.3, 0.4) is 0 Å². The molecular weight excluding hydrogens is 438 g/mol. The molecule has 172 valence electrons. The Kier molecular flexibility index (Phi) is 13.1. The maximum Gasteiger partial charge on any atom is 0.326 e. The molecule has 0 aromatic rings. The van der Waals surface area contributed by atoms with E-state index in [0.29, 0.717) is 5.75 Å². The average molecular weight is 468 g/mol. The van der Waals surface area contributed by atoms with Gasteiger partial charge >= 0.3 is 5.97 Å². The molecule has 0 aromatic carbocycles. The van der Waals surface area contributed by atoms with Crippen LogP contribution in [0.1, 0.15) is 19.8 Å². The summed E-state index contributed by atoms with van der Waals surface area (Å²) < 4.78 is 0. The van der Waals surface area contributed by atoms with Gasteiger partial charge in [0.1, 0.15) is 18.1 Å². The maximum atomic E-state index is 12.6. The molecule has 14 heteroatoms. The zero-order valence-electron chi connectivity index (χ0n) is 16.7. The summed E-state index contributed by atoms with van der Waals surface area (Å²) >= 11 is 5.27. The van der Waals surface area contributed by atoms with Crippen LogP contribution in [0.5, 0.6) is 0 Å². The highest BCUT2D eigenvalue weighted by Gasteiger charge is 2.32. The molecule has 0 heterocycles. The van der Waals surface area contributed by atoms with E-state index in [2.05, 4.69) is 28.6 Å². The number of carboxylic acid groups (broad SMARTS) is 1. The second-order valence-corrected chi connectivity index (χ2v) is 7.78. The van der Waals surface area contributed by atoms with Gasteiger partial charge in [-0.1, -0.05) is 0 Å². The summed E-state index contributed by atoms with van der Waals surface area (Å²) in [6.07, 6.45) is -0.0510. The molecule has 0 fully saturated rings. The number of nitrogens with one attached hydrogen (secondary N) is 3. The number of carbonyl (C=O) groups is 5. The highest BCUT2D eigenvalue weighted by molar-refractivity contribution is 7.98. The van der Waals surface area contributed by atoms with Gasteiger partial charge in [-0.05, 0) is 25.4 Å². The first-order valence-electron chi connectivity index (χ1n) is 8.90. The summed E-state index contributed by atoms with van der Waals surface area (Å²) in [7, 11) is 0. The van der Waals surface area contributed by atoms with Crippen LogP contribution in [-0.2, 0) is 24.0 Å². The number of thiol groups is 1. The number of aliphatic hydroxyl groups excluding tert-OH is 1. The van der Waals surface area contributed by atoms with E-state index in [-0.39, 0.29) is 12.2 Å². The Labute approximate surface area is 183 Å². The van der Waals surface area contributed by atoms with Crippen molar-refractivity contribution in [1.82, 2.24) is 16.0 Å². The predicted octanol–water partition coefficient (Wildman–Crippen LogP) is -3.21. The van der Waals surface area contributed by atoms with Gasteiger partial charge in [0.05, 0.1) is 18.6 Å². The number of rotatable bonds is 14. The summed E-state index contributed by atoms with van der Waals surface area (Å²) in [5, 5.41) is 25.8. The van der Waals surface area contributed by atoms with Gasteiger partial charge in [0, 0.05) is 5.75 Å². The van der Waals surface area contributed by atoms with Gasteiger partial charge in [0.15, 0.2) is 0 Å². The molecule has 0 aliphatic carbocycles. The first-order chi connectivity index (χ1) is 13.9. The number of carboxylic acids is 1. The molecule has 30 heavy (non-hydrogen) atoms. The van der Waals surface area contributed by atoms with Crippen molar-refractivity contribution in [1.29, 1.82) is 0 Å². The van der Waals surface area contributed by atoms with E-state index in [4.69, 9.17) is 16.6 Å². The normalized spacial score (nSPS) is 15.8. The van der Waals surface area contributed by atoms with E-state index in [9.17, 15) is 29.1 Å².